The van der Waals surface area contributed by atoms with E-state index in [-0.39, 0.29) is 5.41 Å². The molecule has 3 unspecified atom stereocenters. The normalized spacial score (nSPS) is 32.0. The zero-order valence-electron chi connectivity index (χ0n) is 14.4. The average molecular weight is 313 g/mol. The van der Waals surface area contributed by atoms with Crippen LogP contribution in [0.1, 0.15) is 32.3 Å². The lowest BCUT2D eigenvalue weighted by Gasteiger charge is -2.60. The highest BCUT2D eigenvalue weighted by atomic mass is 16.5. The molecule has 1 aromatic rings. The summed E-state index contributed by atoms with van der Waals surface area (Å²) >= 11 is 0. The second-order valence-electron chi connectivity index (χ2n) is 7.62. The van der Waals surface area contributed by atoms with Crippen LogP contribution in [0.3, 0.4) is 0 Å². The second-order valence-corrected chi connectivity index (χ2v) is 7.62. The number of hydrogen-bond donors (Lipinski definition) is 1. The Hall–Kier alpha value is -1.55. The minimum Gasteiger partial charge on any atom is -0.377 e. The Morgan fingerprint density at radius 3 is 3.00 bits per heavy atom. The van der Waals surface area contributed by atoms with Gasteiger partial charge in [-0.25, -0.2) is 0 Å². The monoisotopic (exact) mass is 313 g/mol. The first-order valence-electron chi connectivity index (χ1n) is 8.83. The van der Waals surface area contributed by atoms with E-state index in [2.05, 4.69) is 53.3 Å². The Morgan fingerprint density at radius 2 is 2.17 bits per heavy atom. The van der Waals surface area contributed by atoms with Gasteiger partial charge in [0, 0.05) is 43.3 Å². The van der Waals surface area contributed by atoms with Crippen LogP contribution >= 0.6 is 0 Å². The van der Waals surface area contributed by atoms with Crippen LogP contribution in [0.25, 0.3) is 0 Å². The number of aliphatic imine (C=N–C) groups is 1. The van der Waals surface area contributed by atoms with E-state index in [0.717, 1.165) is 25.5 Å². The fraction of sp³-hybridized carbons (Fsp3) is 0.632. The Morgan fingerprint density at radius 1 is 1.35 bits per heavy atom. The Labute approximate surface area is 138 Å². The van der Waals surface area contributed by atoms with Crippen LogP contribution in [-0.4, -0.2) is 38.3 Å². The molecule has 3 aliphatic rings. The Balaban J connectivity index is 1.54. The first-order valence-corrected chi connectivity index (χ1v) is 8.83. The number of guanidine groups is 1. The quantitative estimate of drug-likeness (QED) is 0.640. The lowest BCUT2D eigenvalue weighted by Crippen LogP contribution is -2.71. The molecule has 1 aliphatic carbocycles. The minimum atomic E-state index is 0.167. The fourth-order valence-electron chi connectivity index (χ4n) is 4.78. The van der Waals surface area contributed by atoms with Gasteiger partial charge < -0.3 is 15.0 Å². The summed E-state index contributed by atoms with van der Waals surface area (Å²) in [5.41, 5.74) is 2.89. The van der Waals surface area contributed by atoms with Crippen LogP contribution in [0.2, 0.25) is 0 Å². The van der Waals surface area contributed by atoms with Gasteiger partial charge in [0.25, 0.3) is 0 Å². The van der Waals surface area contributed by atoms with E-state index in [4.69, 9.17) is 4.74 Å². The number of para-hydroxylation sites is 1. The second kappa shape index (κ2) is 5.52. The largest absolute Gasteiger partial charge is 0.377 e. The smallest absolute Gasteiger partial charge is 0.198 e. The summed E-state index contributed by atoms with van der Waals surface area (Å²) in [5, 5.41) is 3.77. The van der Waals surface area contributed by atoms with E-state index < -0.39 is 0 Å². The SMILES string of the molecule is CN=C(NC1C2CCCOC2C1(C)C)N1CCc2ccccc21. The van der Waals surface area contributed by atoms with Crippen LogP contribution in [0.15, 0.2) is 29.3 Å². The molecule has 1 saturated carbocycles. The third-order valence-corrected chi connectivity index (χ3v) is 5.97. The molecule has 0 aromatic heterocycles. The van der Waals surface area contributed by atoms with Crippen molar-refractivity contribution in [3.8, 4) is 0 Å². The molecule has 124 valence electrons. The number of rotatable bonds is 1. The van der Waals surface area contributed by atoms with Gasteiger partial charge in [0.1, 0.15) is 0 Å². The van der Waals surface area contributed by atoms with E-state index in [9.17, 15) is 0 Å². The summed E-state index contributed by atoms with van der Waals surface area (Å²) in [6, 6.07) is 9.11. The van der Waals surface area contributed by atoms with Crippen LogP contribution in [0.5, 0.6) is 0 Å². The summed E-state index contributed by atoms with van der Waals surface area (Å²) in [4.78, 5) is 6.92. The first-order chi connectivity index (χ1) is 11.1. The van der Waals surface area contributed by atoms with E-state index in [0.29, 0.717) is 18.1 Å². The number of hydrogen-bond acceptors (Lipinski definition) is 2. The summed E-state index contributed by atoms with van der Waals surface area (Å²) in [6.07, 6.45) is 3.94. The molecule has 0 radical (unpaired) electrons. The molecular weight excluding hydrogens is 286 g/mol. The van der Waals surface area contributed by atoms with Crippen molar-refractivity contribution in [1.29, 1.82) is 0 Å². The molecule has 2 heterocycles. The zero-order chi connectivity index (χ0) is 16.0. The number of anilines is 1. The van der Waals surface area contributed by atoms with E-state index in [1.807, 2.05) is 7.05 Å². The van der Waals surface area contributed by atoms with Gasteiger partial charge in [0.15, 0.2) is 5.96 Å². The topological polar surface area (TPSA) is 36.9 Å². The maximum Gasteiger partial charge on any atom is 0.198 e. The number of benzene rings is 1. The number of nitrogens with zero attached hydrogens (tertiary/aromatic N) is 2. The van der Waals surface area contributed by atoms with Gasteiger partial charge in [-0.3, -0.25) is 4.99 Å². The Kier molecular flexibility index (Phi) is 3.60. The van der Waals surface area contributed by atoms with Crippen molar-refractivity contribution in [3.63, 3.8) is 0 Å². The molecule has 1 saturated heterocycles. The van der Waals surface area contributed by atoms with Gasteiger partial charge in [0.2, 0.25) is 0 Å². The van der Waals surface area contributed by atoms with Gasteiger partial charge in [-0.15, -0.1) is 0 Å². The van der Waals surface area contributed by atoms with E-state index in [1.165, 1.54) is 24.1 Å². The number of fused-ring (bicyclic) bond motifs is 2. The highest BCUT2D eigenvalue weighted by molar-refractivity contribution is 5.98. The highest BCUT2D eigenvalue weighted by Gasteiger charge is 2.58. The first kappa shape index (κ1) is 15.0. The molecule has 23 heavy (non-hydrogen) atoms. The molecule has 4 nitrogen and oxygen atoms in total. The van der Waals surface area contributed by atoms with Crippen LogP contribution in [0, 0.1) is 11.3 Å². The maximum absolute atomic E-state index is 6.03. The predicted octanol–water partition coefficient (Wildman–Crippen LogP) is 2.83. The van der Waals surface area contributed by atoms with E-state index in [1.54, 1.807) is 0 Å². The molecule has 1 aromatic carbocycles. The van der Waals surface area contributed by atoms with Crippen LogP contribution in [-0.2, 0) is 11.2 Å². The summed E-state index contributed by atoms with van der Waals surface area (Å²) in [6.45, 7) is 6.58. The zero-order valence-corrected chi connectivity index (χ0v) is 14.4. The van der Waals surface area contributed by atoms with E-state index >= 15 is 0 Å². The van der Waals surface area contributed by atoms with Gasteiger partial charge >= 0.3 is 0 Å². The van der Waals surface area contributed by atoms with Gasteiger partial charge in [-0.2, -0.15) is 0 Å². The predicted molar refractivity (Wildman–Crippen MR) is 94.0 cm³/mol. The van der Waals surface area contributed by atoms with Crippen molar-refractivity contribution in [2.45, 2.75) is 45.3 Å². The number of nitrogens with one attached hydrogen (secondary N) is 1. The molecule has 0 spiro atoms. The molecule has 3 atom stereocenters. The van der Waals surface area contributed by atoms with Crippen molar-refractivity contribution in [1.82, 2.24) is 5.32 Å². The fourth-order valence-corrected chi connectivity index (χ4v) is 4.78. The lowest BCUT2D eigenvalue weighted by molar-refractivity contribution is -0.188. The van der Waals surface area contributed by atoms with Crippen LogP contribution < -0.4 is 10.2 Å². The van der Waals surface area contributed by atoms with Gasteiger partial charge in [-0.1, -0.05) is 32.0 Å². The highest BCUT2D eigenvalue weighted by Crippen LogP contribution is 2.51. The molecule has 2 fully saturated rings. The van der Waals surface area contributed by atoms with Gasteiger partial charge in [0.05, 0.1) is 6.10 Å². The molecule has 0 bridgehead atoms. The Bertz CT molecular complexity index is 625. The average Bonchev–Trinajstić information content (AvgIpc) is 3.00. The maximum atomic E-state index is 6.03. The third kappa shape index (κ3) is 2.26. The summed E-state index contributed by atoms with van der Waals surface area (Å²) < 4.78 is 6.03. The van der Waals surface area contributed by atoms with Gasteiger partial charge in [-0.05, 0) is 30.9 Å². The molecule has 4 rings (SSSR count). The molecule has 0 amide bonds. The molecular formula is C19H27N3O. The molecule has 1 N–H and O–H groups in total. The van der Waals surface area contributed by atoms with Crippen molar-refractivity contribution >= 4 is 11.6 Å². The third-order valence-electron chi connectivity index (χ3n) is 5.97. The standard InChI is InChI=1S/C19H27N3O/c1-19(2)16(14-8-6-12-23-17(14)19)21-18(20-3)22-11-10-13-7-4-5-9-15(13)22/h4-5,7,9,14,16-17H,6,8,10-12H2,1-3H3,(H,20,21). The number of ether oxygens (including phenoxy) is 1. The molecule has 4 heteroatoms. The molecule has 2 aliphatic heterocycles. The summed E-state index contributed by atoms with van der Waals surface area (Å²) in [5.74, 6) is 1.63. The minimum absolute atomic E-state index is 0.167. The van der Waals surface area contributed by atoms with Crippen LogP contribution in [0.4, 0.5) is 5.69 Å². The van der Waals surface area contributed by atoms with Crippen molar-refractivity contribution in [2.24, 2.45) is 16.3 Å². The van der Waals surface area contributed by atoms with Crippen molar-refractivity contribution in [3.05, 3.63) is 29.8 Å². The lowest BCUT2D eigenvalue weighted by atomic mass is 9.55. The van der Waals surface area contributed by atoms with Crippen molar-refractivity contribution in [2.75, 3.05) is 25.1 Å². The van der Waals surface area contributed by atoms with Crippen molar-refractivity contribution < 1.29 is 4.74 Å². The summed E-state index contributed by atoms with van der Waals surface area (Å²) in [7, 11) is 1.89.